The molecule has 1 amide bonds. The molecule has 8 nitrogen and oxygen atoms in total. The highest BCUT2D eigenvalue weighted by atomic mass is 16.2. The summed E-state index contributed by atoms with van der Waals surface area (Å²) >= 11 is 0. The Bertz CT molecular complexity index is 1210. The zero-order valence-electron chi connectivity index (χ0n) is 19.0. The summed E-state index contributed by atoms with van der Waals surface area (Å²) in [6.07, 6.45) is 4.50. The number of hydrogen-bond acceptors (Lipinski definition) is 5. The normalized spacial score (nSPS) is 19.5. The van der Waals surface area contributed by atoms with Crippen LogP contribution in [0.25, 0.3) is 5.65 Å². The first-order valence-corrected chi connectivity index (χ1v) is 11.4. The van der Waals surface area contributed by atoms with E-state index in [9.17, 15) is 9.59 Å². The Morgan fingerprint density at radius 3 is 2.84 bits per heavy atom. The number of H-pyrrole nitrogens is 1. The van der Waals surface area contributed by atoms with Gasteiger partial charge in [-0.15, -0.1) is 0 Å². The Kier molecular flexibility index (Phi) is 5.12. The SMILES string of the molecule is CC(C)(C)C(=O)N1CCc2c(nc3cc(C4CCCN4Cc4ccccn4)[nH]n3c2=O)C1. The van der Waals surface area contributed by atoms with Crippen molar-refractivity contribution < 1.29 is 4.79 Å². The van der Waals surface area contributed by atoms with Gasteiger partial charge >= 0.3 is 0 Å². The summed E-state index contributed by atoms with van der Waals surface area (Å²) in [4.78, 5) is 39.4. The van der Waals surface area contributed by atoms with Gasteiger partial charge in [-0.1, -0.05) is 26.8 Å². The van der Waals surface area contributed by atoms with Gasteiger partial charge in [0.2, 0.25) is 5.91 Å². The molecule has 1 saturated heterocycles. The molecular weight excluding hydrogens is 404 g/mol. The zero-order chi connectivity index (χ0) is 22.5. The molecule has 5 heterocycles. The number of pyridine rings is 1. The molecule has 1 atom stereocenters. The average molecular weight is 435 g/mol. The molecule has 0 aliphatic carbocycles. The van der Waals surface area contributed by atoms with Crippen LogP contribution in [-0.2, 0) is 24.3 Å². The number of carbonyl (C=O) groups excluding carboxylic acids is 1. The van der Waals surface area contributed by atoms with Gasteiger partial charge in [0, 0.05) is 36.3 Å². The zero-order valence-corrected chi connectivity index (χ0v) is 19.0. The molecule has 168 valence electrons. The smallest absolute Gasteiger partial charge is 0.276 e. The maximum Gasteiger partial charge on any atom is 0.276 e. The van der Waals surface area contributed by atoms with Gasteiger partial charge < -0.3 is 4.90 Å². The topological polar surface area (TPSA) is 86.6 Å². The van der Waals surface area contributed by atoms with E-state index in [0.717, 1.165) is 43.0 Å². The Hall–Kier alpha value is -3.00. The fraction of sp³-hybridized carbons (Fsp3) is 0.500. The summed E-state index contributed by atoms with van der Waals surface area (Å²) in [6, 6.07) is 8.18. The molecule has 0 saturated carbocycles. The second-order valence-corrected chi connectivity index (χ2v) is 9.92. The van der Waals surface area contributed by atoms with Gasteiger partial charge in [0.05, 0.1) is 29.7 Å². The minimum absolute atomic E-state index is 0.0478. The van der Waals surface area contributed by atoms with Gasteiger partial charge in [-0.05, 0) is 37.9 Å². The molecule has 2 aliphatic heterocycles. The van der Waals surface area contributed by atoms with E-state index in [1.807, 2.05) is 56.1 Å². The number of aromatic amines is 1. The van der Waals surface area contributed by atoms with Crippen molar-refractivity contribution >= 4 is 11.6 Å². The van der Waals surface area contributed by atoms with Crippen molar-refractivity contribution in [1.82, 2.24) is 29.4 Å². The summed E-state index contributed by atoms with van der Waals surface area (Å²) < 4.78 is 1.58. The Morgan fingerprint density at radius 1 is 1.25 bits per heavy atom. The third-order valence-corrected chi connectivity index (χ3v) is 6.53. The van der Waals surface area contributed by atoms with E-state index >= 15 is 0 Å². The number of nitrogens with zero attached hydrogens (tertiary/aromatic N) is 5. The largest absolute Gasteiger partial charge is 0.336 e. The molecule has 0 bridgehead atoms. The van der Waals surface area contributed by atoms with Gasteiger partial charge in [-0.2, -0.15) is 0 Å². The van der Waals surface area contributed by atoms with Crippen LogP contribution in [0, 0.1) is 5.41 Å². The quantitative estimate of drug-likeness (QED) is 0.685. The minimum Gasteiger partial charge on any atom is -0.336 e. The molecule has 0 aromatic carbocycles. The molecule has 1 fully saturated rings. The van der Waals surface area contributed by atoms with Crippen molar-refractivity contribution in [2.75, 3.05) is 13.1 Å². The molecule has 1 N–H and O–H groups in total. The molecule has 8 heteroatoms. The van der Waals surface area contributed by atoms with Crippen LogP contribution in [0.15, 0.2) is 35.3 Å². The van der Waals surface area contributed by atoms with E-state index in [1.165, 1.54) is 0 Å². The number of fused-ring (bicyclic) bond motifs is 2. The van der Waals surface area contributed by atoms with E-state index in [1.54, 1.807) is 4.52 Å². The van der Waals surface area contributed by atoms with Crippen molar-refractivity contribution in [2.45, 2.75) is 59.2 Å². The van der Waals surface area contributed by atoms with Crippen LogP contribution in [-0.4, -0.2) is 48.4 Å². The van der Waals surface area contributed by atoms with Crippen molar-refractivity contribution in [3.63, 3.8) is 0 Å². The minimum atomic E-state index is -0.447. The van der Waals surface area contributed by atoms with Gasteiger partial charge in [-0.3, -0.25) is 24.6 Å². The number of hydrogen-bond donors (Lipinski definition) is 1. The lowest BCUT2D eigenvalue weighted by Crippen LogP contribution is -2.44. The van der Waals surface area contributed by atoms with Crippen molar-refractivity contribution in [1.29, 1.82) is 0 Å². The van der Waals surface area contributed by atoms with E-state index < -0.39 is 5.41 Å². The molecule has 0 radical (unpaired) electrons. The molecule has 5 rings (SSSR count). The highest BCUT2D eigenvalue weighted by molar-refractivity contribution is 5.81. The fourth-order valence-corrected chi connectivity index (χ4v) is 4.90. The number of aromatic nitrogens is 4. The summed E-state index contributed by atoms with van der Waals surface area (Å²) in [5.41, 5.74) is 3.62. The van der Waals surface area contributed by atoms with Crippen molar-refractivity contribution in [2.24, 2.45) is 5.41 Å². The molecule has 3 aromatic rings. The summed E-state index contributed by atoms with van der Waals surface area (Å²) in [5.74, 6) is 0.0935. The molecule has 32 heavy (non-hydrogen) atoms. The first-order valence-electron chi connectivity index (χ1n) is 11.4. The summed E-state index contributed by atoms with van der Waals surface area (Å²) in [6.45, 7) is 8.50. The van der Waals surface area contributed by atoms with Crippen LogP contribution >= 0.6 is 0 Å². The third kappa shape index (κ3) is 3.72. The average Bonchev–Trinajstić information content (AvgIpc) is 3.40. The van der Waals surface area contributed by atoms with Crippen LogP contribution < -0.4 is 5.56 Å². The highest BCUT2D eigenvalue weighted by Gasteiger charge is 2.32. The van der Waals surface area contributed by atoms with Crippen molar-refractivity contribution in [3.8, 4) is 0 Å². The Labute approximate surface area is 187 Å². The fourth-order valence-electron chi connectivity index (χ4n) is 4.90. The second kappa shape index (κ2) is 7.85. The highest BCUT2D eigenvalue weighted by Crippen LogP contribution is 2.32. The maximum absolute atomic E-state index is 13.2. The molecular formula is C24H30N6O2. The van der Waals surface area contributed by atoms with Gasteiger partial charge in [0.1, 0.15) is 0 Å². The number of amides is 1. The van der Waals surface area contributed by atoms with E-state index in [2.05, 4.69) is 15.0 Å². The van der Waals surface area contributed by atoms with E-state index in [4.69, 9.17) is 4.98 Å². The number of carbonyl (C=O) groups is 1. The van der Waals surface area contributed by atoms with Gasteiger partial charge in [-0.25, -0.2) is 9.50 Å². The lowest BCUT2D eigenvalue weighted by Gasteiger charge is -2.32. The van der Waals surface area contributed by atoms with Crippen LogP contribution in [0.4, 0.5) is 0 Å². The van der Waals surface area contributed by atoms with Crippen LogP contribution in [0.1, 0.15) is 62.3 Å². The molecule has 1 unspecified atom stereocenters. The van der Waals surface area contributed by atoms with E-state index in [-0.39, 0.29) is 17.5 Å². The molecule has 2 aliphatic rings. The van der Waals surface area contributed by atoms with Crippen LogP contribution in [0.5, 0.6) is 0 Å². The standard InChI is InChI=1S/C24H30N6O2/c1-24(2,3)23(32)29-12-9-17-19(15-29)26-21-13-18(27-30(21)22(17)31)20-8-6-11-28(20)14-16-7-4-5-10-25-16/h4-5,7,10,13,20,27H,6,8-9,11-12,14-15H2,1-3H3. The van der Waals surface area contributed by atoms with Gasteiger partial charge in [0.25, 0.3) is 5.56 Å². The van der Waals surface area contributed by atoms with Crippen LogP contribution in [0.3, 0.4) is 0 Å². The van der Waals surface area contributed by atoms with Gasteiger partial charge in [0.15, 0.2) is 5.65 Å². The van der Waals surface area contributed by atoms with Crippen molar-refractivity contribution in [3.05, 3.63) is 63.5 Å². The Morgan fingerprint density at radius 2 is 2.09 bits per heavy atom. The third-order valence-electron chi connectivity index (χ3n) is 6.53. The maximum atomic E-state index is 13.2. The van der Waals surface area contributed by atoms with E-state index in [0.29, 0.717) is 30.7 Å². The number of rotatable bonds is 3. The summed E-state index contributed by atoms with van der Waals surface area (Å²) in [5, 5.41) is 3.33. The predicted molar refractivity (Wildman–Crippen MR) is 121 cm³/mol. The first kappa shape index (κ1) is 20.9. The molecule has 0 spiro atoms. The second-order valence-electron chi connectivity index (χ2n) is 9.92. The molecule has 3 aromatic heterocycles. The lowest BCUT2D eigenvalue weighted by atomic mass is 9.93. The summed E-state index contributed by atoms with van der Waals surface area (Å²) in [7, 11) is 0. The monoisotopic (exact) mass is 434 g/mol. The lowest BCUT2D eigenvalue weighted by molar-refractivity contribution is -0.140. The predicted octanol–water partition coefficient (Wildman–Crippen LogP) is 2.69. The van der Waals surface area contributed by atoms with Crippen LogP contribution in [0.2, 0.25) is 0 Å². The Balaban J connectivity index is 1.44. The number of nitrogens with one attached hydrogen (secondary N) is 1. The first-order chi connectivity index (χ1) is 15.3. The number of likely N-dealkylation sites (tertiary alicyclic amines) is 1.